The molecule has 1 N–H and O–H groups in total. The number of likely N-dealkylation sites (tertiary alicyclic amines) is 1. The highest BCUT2D eigenvalue weighted by Gasteiger charge is 2.42. The van der Waals surface area contributed by atoms with Gasteiger partial charge in [0.15, 0.2) is 0 Å². The quantitative estimate of drug-likeness (QED) is 0.815. The number of hydrogen-bond donors (Lipinski definition) is 1. The summed E-state index contributed by atoms with van der Waals surface area (Å²) < 4.78 is 0. The number of aromatic nitrogens is 2. The molecule has 6 heteroatoms. The second kappa shape index (κ2) is 5.66. The highest BCUT2D eigenvalue weighted by molar-refractivity contribution is 6.05. The van der Waals surface area contributed by atoms with Gasteiger partial charge in [-0.15, -0.1) is 0 Å². The first kappa shape index (κ1) is 13.2. The first-order chi connectivity index (χ1) is 9.75. The number of carbonyl (C=O) groups is 2. The van der Waals surface area contributed by atoms with Crippen molar-refractivity contribution in [3.05, 3.63) is 24.0 Å². The van der Waals surface area contributed by atoms with E-state index in [9.17, 15) is 9.59 Å². The van der Waals surface area contributed by atoms with Gasteiger partial charge in [0.2, 0.25) is 11.8 Å². The predicted octanol–water partition coefficient (Wildman–Crippen LogP) is 0.636. The Kier molecular flexibility index (Phi) is 3.73. The van der Waals surface area contributed by atoms with E-state index < -0.39 is 6.04 Å². The number of carbonyl (C=O) groups excluding carboxylic acids is 2. The van der Waals surface area contributed by atoms with Crippen LogP contribution in [0.15, 0.2) is 18.3 Å². The monoisotopic (exact) mass is 274 g/mol. The zero-order valence-electron chi connectivity index (χ0n) is 11.3. The first-order valence-electron chi connectivity index (χ1n) is 7.11. The lowest BCUT2D eigenvalue weighted by atomic mass is 10.2. The molecule has 0 aromatic carbocycles. The van der Waals surface area contributed by atoms with Crippen molar-refractivity contribution in [2.45, 2.75) is 50.7 Å². The molecular weight excluding hydrogens is 256 g/mol. The smallest absolute Gasteiger partial charge is 0.247 e. The van der Waals surface area contributed by atoms with Crippen molar-refractivity contribution in [1.82, 2.24) is 20.4 Å². The van der Waals surface area contributed by atoms with Crippen LogP contribution in [0.25, 0.3) is 0 Å². The van der Waals surface area contributed by atoms with Gasteiger partial charge < -0.3 is 0 Å². The zero-order valence-corrected chi connectivity index (χ0v) is 11.3. The lowest BCUT2D eigenvalue weighted by Crippen LogP contribution is -2.42. The van der Waals surface area contributed by atoms with E-state index in [-0.39, 0.29) is 24.3 Å². The molecule has 1 aromatic heterocycles. The highest BCUT2D eigenvalue weighted by Crippen LogP contribution is 2.28. The third kappa shape index (κ3) is 2.56. The average Bonchev–Trinajstić information content (AvgIpc) is 3.06. The van der Waals surface area contributed by atoms with Crippen LogP contribution < -0.4 is 5.32 Å². The van der Waals surface area contributed by atoms with E-state index in [1.807, 2.05) is 6.07 Å². The van der Waals surface area contributed by atoms with Gasteiger partial charge in [0, 0.05) is 18.8 Å². The minimum Gasteiger partial charge on any atom is -0.300 e. The lowest BCUT2D eigenvalue weighted by Gasteiger charge is -2.22. The molecule has 6 nitrogen and oxygen atoms in total. The van der Waals surface area contributed by atoms with Gasteiger partial charge in [-0.2, -0.15) is 10.2 Å². The Hall–Kier alpha value is -1.82. The SMILES string of the molecule is O=C1CC(NCc2cccnn2)C(=O)N1C1CCCC1. The fourth-order valence-electron chi connectivity index (χ4n) is 3.01. The molecule has 1 aromatic rings. The molecule has 20 heavy (non-hydrogen) atoms. The number of nitrogens with one attached hydrogen (secondary N) is 1. The molecular formula is C14H18N4O2. The third-order valence-corrected chi connectivity index (χ3v) is 4.03. The van der Waals surface area contributed by atoms with Gasteiger partial charge in [0.1, 0.15) is 0 Å². The van der Waals surface area contributed by atoms with Gasteiger partial charge in [0.25, 0.3) is 0 Å². The summed E-state index contributed by atoms with van der Waals surface area (Å²) in [5.41, 5.74) is 0.770. The van der Waals surface area contributed by atoms with Crippen LogP contribution in [0, 0.1) is 0 Å². The highest BCUT2D eigenvalue weighted by atomic mass is 16.2. The minimum atomic E-state index is -0.412. The van der Waals surface area contributed by atoms with Gasteiger partial charge in [-0.05, 0) is 25.0 Å². The molecule has 2 aliphatic rings. The molecule has 1 aliphatic carbocycles. The largest absolute Gasteiger partial charge is 0.300 e. The fourth-order valence-corrected chi connectivity index (χ4v) is 3.01. The molecule has 1 saturated heterocycles. The molecule has 1 unspecified atom stereocenters. The molecule has 2 fully saturated rings. The van der Waals surface area contributed by atoms with Crippen LogP contribution in [0.2, 0.25) is 0 Å². The molecule has 0 spiro atoms. The summed E-state index contributed by atoms with van der Waals surface area (Å²) in [6.07, 6.45) is 5.99. The standard InChI is InChI=1S/C14H18N4O2/c19-13-8-12(15-9-10-4-3-7-16-17-10)14(20)18(13)11-5-1-2-6-11/h3-4,7,11-12,15H,1-2,5-6,8-9H2. The molecule has 2 heterocycles. The Balaban J connectivity index is 1.61. The molecule has 0 bridgehead atoms. The van der Waals surface area contributed by atoms with Crippen LogP contribution in [0.3, 0.4) is 0 Å². The summed E-state index contributed by atoms with van der Waals surface area (Å²) in [5.74, 6) is -0.121. The Morgan fingerprint density at radius 1 is 1.30 bits per heavy atom. The van der Waals surface area contributed by atoms with E-state index >= 15 is 0 Å². The van der Waals surface area contributed by atoms with Crippen molar-refractivity contribution in [1.29, 1.82) is 0 Å². The predicted molar refractivity (Wildman–Crippen MR) is 71.4 cm³/mol. The van der Waals surface area contributed by atoms with Crippen LogP contribution in [0.1, 0.15) is 37.8 Å². The van der Waals surface area contributed by atoms with E-state index in [0.29, 0.717) is 6.54 Å². The molecule has 1 saturated carbocycles. The third-order valence-electron chi connectivity index (χ3n) is 4.03. The summed E-state index contributed by atoms with van der Waals surface area (Å²) in [7, 11) is 0. The van der Waals surface area contributed by atoms with Gasteiger partial charge >= 0.3 is 0 Å². The van der Waals surface area contributed by atoms with Gasteiger partial charge in [-0.3, -0.25) is 19.8 Å². The van der Waals surface area contributed by atoms with Crippen molar-refractivity contribution in [3.8, 4) is 0 Å². The average molecular weight is 274 g/mol. The normalized spacial score (nSPS) is 23.8. The second-order valence-electron chi connectivity index (χ2n) is 5.39. The van der Waals surface area contributed by atoms with Crippen LogP contribution in [0.5, 0.6) is 0 Å². The number of amides is 2. The maximum atomic E-state index is 12.3. The molecule has 0 radical (unpaired) electrons. The van der Waals surface area contributed by atoms with Gasteiger partial charge in [-0.25, -0.2) is 0 Å². The Bertz CT molecular complexity index is 499. The number of hydrogen-bond acceptors (Lipinski definition) is 5. The second-order valence-corrected chi connectivity index (χ2v) is 5.39. The summed E-state index contributed by atoms with van der Waals surface area (Å²) in [4.78, 5) is 25.8. The van der Waals surface area contributed by atoms with Crippen molar-refractivity contribution in [2.75, 3.05) is 0 Å². The molecule has 3 rings (SSSR count). The summed E-state index contributed by atoms with van der Waals surface area (Å²) in [6.45, 7) is 0.454. The van der Waals surface area contributed by atoms with Crippen molar-refractivity contribution in [3.63, 3.8) is 0 Å². The first-order valence-corrected chi connectivity index (χ1v) is 7.11. The summed E-state index contributed by atoms with van der Waals surface area (Å²) in [5, 5.41) is 10.9. The zero-order chi connectivity index (χ0) is 13.9. The molecule has 1 aliphatic heterocycles. The minimum absolute atomic E-state index is 0.0430. The van der Waals surface area contributed by atoms with Crippen molar-refractivity contribution < 1.29 is 9.59 Å². The Labute approximate surface area is 117 Å². The molecule has 106 valence electrons. The van der Waals surface area contributed by atoms with Crippen LogP contribution >= 0.6 is 0 Å². The topological polar surface area (TPSA) is 75.2 Å². The summed E-state index contributed by atoms with van der Waals surface area (Å²) >= 11 is 0. The number of imide groups is 1. The van der Waals surface area contributed by atoms with E-state index in [2.05, 4.69) is 15.5 Å². The fraction of sp³-hybridized carbons (Fsp3) is 0.571. The van der Waals surface area contributed by atoms with Crippen LogP contribution in [0.4, 0.5) is 0 Å². The van der Waals surface area contributed by atoms with Gasteiger partial charge in [0.05, 0.1) is 18.2 Å². The lowest BCUT2D eigenvalue weighted by molar-refractivity contribution is -0.141. The van der Waals surface area contributed by atoms with Crippen molar-refractivity contribution >= 4 is 11.8 Å². The maximum absolute atomic E-state index is 12.3. The molecule has 1 atom stereocenters. The molecule has 2 amide bonds. The van der Waals surface area contributed by atoms with E-state index in [1.165, 1.54) is 4.90 Å². The summed E-state index contributed by atoms with van der Waals surface area (Å²) in [6, 6.07) is 3.36. The number of rotatable bonds is 4. The van der Waals surface area contributed by atoms with Crippen LogP contribution in [-0.2, 0) is 16.1 Å². The van der Waals surface area contributed by atoms with Gasteiger partial charge in [-0.1, -0.05) is 12.8 Å². The van der Waals surface area contributed by atoms with E-state index in [1.54, 1.807) is 12.3 Å². The maximum Gasteiger partial charge on any atom is 0.247 e. The van der Waals surface area contributed by atoms with E-state index in [0.717, 1.165) is 31.4 Å². The number of nitrogens with zero attached hydrogens (tertiary/aromatic N) is 3. The van der Waals surface area contributed by atoms with E-state index in [4.69, 9.17) is 0 Å². The van der Waals surface area contributed by atoms with Crippen LogP contribution in [-0.4, -0.2) is 39.0 Å². The Morgan fingerprint density at radius 2 is 2.10 bits per heavy atom. The Morgan fingerprint density at radius 3 is 2.80 bits per heavy atom. The van der Waals surface area contributed by atoms with Crippen molar-refractivity contribution in [2.24, 2.45) is 0 Å².